The molecule has 1 aliphatic heterocycles. The van der Waals surface area contributed by atoms with Crippen molar-refractivity contribution in [3.8, 4) is 11.5 Å². The minimum atomic E-state index is -0.0112. The largest absolute Gasteiger partial charge is 0.497 e. The zero-order valence-corrected chi connectivity index (χ0v) is 19.0. The normalized spacial score (nSPS) is 15.7. The number of aromatic nitrogens is 2. The van der Waals surface area contributed by atoms with Crippen molar-refractivity contribution in [2.75, 3.05) is 31.8 Å². The smallest absolute Gasteiger partial charge is 0.233 e. The predicted molar refractivity (Wildman–Crippen MR) is 124 cm³/mol. The number of anilines is 2. The first-order valence-electron chi connectivity index (χ1n) is 9.97. The Bertz CT molecular complexity index is 1030. The lowest BCUT2D eigenvalue weighted by atomic mass is 10.0. The van der Waals surface area contributed by atoms with Crippen molar-refractivity contribution in [3.63, 3.8) is 0 Å². The Labute approximate surface area is 189 Å². The minimum absolute atomic E-state index is 0.0112. The van der Waals surface area contributed by atoms with E-state index in [1.165, 1.54) is 23.1 Å². The quantitative estimate of drug-likeness (QED) is 0.490. The van der Waals surface area contributed by atoms with Crippen LogP contribution in [0.2, 0.25) is 0 Å². The van der Waals surface area contributed by atoms with Crippen LogP contribution in [0.15, 0.2) is 52.9 Å². The Morgan fingerprint density at radius 2 is 2.03 bits per heavy atom. The summed E-state index contributed by atoms with van der Waals surface area (Å²) in [6, 6.07) is 15.5. The van der Waals surface area contributed by atoms with Crippen molar-refractivity contribution >= 4 is 39.8 Å². The molecule has 9 heteroatoms. The van der Waals surface area contributed by atoms with Crippen LogP contribution in [0, 0.1) is 0 Å². The van der Waals surface area contributed by atoms with Crippen molar-refractivity contribution < 1.29 is 14.3 Å². The van der Waals surface area contributed by atoms with E-state index in [-0.39, 0.29) is 11.9 Å². The number of benzene rings is 2. The molecule has 0 saturated carbocycles. The Hall–Kier alpha value is -2.78. The number of nitrogens with zero attached hydrogens (tertiary/aromatic N) is 3. The topological polar surface area (TPSA) is 76.6 Å². The number of amides is 1. The average Bonchev–Trinajstić information content (AvgIpc) is 3.47. The van der Waals surface area contributed by atoms with Crippen LogP contribution in [-0.4, -0.2) is 47.5 Å². The van der Waals surface area contributed by atoms with Crippen LogP contribution < -0.4 is 14.8 Å². The molecule has 0 bridgehead atoms. The summed E-state index contributed by atoms with van der Waals surface area (Å²) in [7, 11) is 3.29. The Balaban J connectivity index is 1.40. The molecule has 1 saturated heterocycles. The van der Waals surface area contributed by atoms with Crippen LogP contribution in [0.25, 0.3) is 0 Å². The molecule has 4 rings (SSSR count). The van der Waals surface area contributed by atoms with E-state index in [4.69, 9.17) is 9.47 Å². The maximum atomic E-state index is 13.0. The predicted octanol–water partition coefficient (Wildman–Crippen LogP) is 4.75. The van der Waals surface area contributed by atoms with Crippen molar-refractivity contribution in [1.82, 2.24) is 15.1 Å². The number of carbonyl (C=O) groups is 1. The lowest BCUT2D eigenvalue weighted by molar-refractivity contribution is -0.129. The molecule has 0 unspecified atom stereocenters. The highest BCUT2D eigenvalue weighted by Gasteiger charge is 2.32. The van der Waals surface area contributed by atoms with Crippen molar-refractivity contribution in [3.05, 3.63) is 54.1 Å². The van der Waals surface area contributed by atoms with Gasteiger partial charge in [-0.05, 0) is 43.2 Å². The molecule has 2 aromatic carbocycles. The number of carbonyl (C=O) groups excluding carboxylic acids is 1. The van der Waals surface area contributed by atoms with Gasteiger partial charge in [0, 0.05) is 17.8 Å². The Morgan fingerprint density at radius 3 is 2.81 bits per heavy atom. The first kappa shape index (κ1) is 21.5. The zero-order chi connectivity index (χ0) is 21.6. The molecule has 1 aliphatic rings. The van der Waals surface area contributed by atoms with Gasteiger partial charge in [0.25, 0.3) is 0 Å². The molecular formula is C22H24N4O3S2. The number of hydrogen-bond acceptors (Lipinski definition) is 8. The second kappa shape index (κ2) is 10.0. The molecule has 1 N–H and O–H groups in total. The van der Waals surface area contributed by atoms with E-state index in [2.05, 4.69) is 15.5 Å². The molecule has 1 amide bonds. The second-order valence-electron chi connectivity index (χ2n) is 7.01. The molecular weight excluding hydrogens is 432 g/mol. The number of hydrogen-bond donors (Lipinski definition) is 1. The van der Waals surface area contributed by atoms with Crippen LogP contribution in [-0.2, 0) is 4.79 Å². The molecule has 1 atom stereocenters. The van der Waals surface area contributed by atoms with E-state index in [0.29, 0.717) is 10.9 Å². The number of ether oxygens (including phenoxy) is 2. The molecule has 1 fully saturated rings. The van der Waals surface area contributed by atoms with Crippen LogP contribution in [0.1, 0.15) is 24.4 Å². The Kier molecular flexibility index (Phi) is 6.93. The summed E-state index contributed by atoms with van der Waals surface area (Å²) in [6.07, 6.45) is 1.87. The van der Waals surface area contributed by atoms with Crippen LogP contribution >= 0.6 is 23.1 Å². The van der Waals surface area contributed by atoms with Gasteiger partial charge >= 0.3 is 0 Å². The summed E-state index contributed by atoms with van der Waals surface area (Å²) in [6.45, 7) is 0.737. The van der Waals surface area contributed by atoms with Gasteiger partial charge < -0.3 is 19.7 Å². The van der Waals surface area contributed by atoms with E-state index >= 15 is 0 Å². The molecule has 31 heavy (non-hydrogen) atoms. The molecule has 162 valence electrons. The molecule has 3 aromatic rings. The van der Waals surface area contributed by atoms with E-state index in [1.807, 2.05) is 53.4 Å². The van der Waals surface area contributed by atoms with Crippen molar-refractivity contribution in [2.45, 2.75) is 23.2 Å². The fraction of sp³-hybridized carbons (Fsp3) is 0.318. The van der Waals surface area contributed by atoms with E-state index in [9.17, 15) is 4.79 Å². The van der Waals surface area contributed by atoms with Crippen LogP contribution in [0.5, 0.6) is 11.5 Å². The second-order valence-corrected chi connectivity index (χ2v) is 9.21. The summed E-state index contributed by atoms with van der Waals surface area (Å²) >= 11 is 2.86. The van der Waals surface area contributed by atoms with Gasteiger partial charge in [-0.15, -0.1) is 10.2 Å². The van der Waals surface area contributed by atoms with Crippen LogP contribution in [0.4, 0.5) is 10.8 Å². The summed E-state index contributed by atoms with van der Waals surface area (Å²) < 4.78 is 11.7. The first-order chi connectivity index (χ1) is 15.2. The highest BCUT2D eigenvalue weighted by molar-refractivity contribution is 8.01. The van der Waals surface area contributed by atoms with Gasteiger partial charge in [-0.1, -0.05) is 41.3 Å². The summed E-state index contributed by atoms with van der Waals surface area (Å²) in [5.41, 5.74) is 1.95. The highest BCUT2D eigenvalue weighted by atomic mass is 32.2. The third-order valence-electron chi connectivity index (χ3n) is 5.12. The maximum Gasteiger partial charge on any atom is 0.233 e. The number of thioether (sulfide) groups is 1. The maximum absolute atomic E-state index is 13.0. The number of likely N-dealkylation sites (tertiary alicyclic amines) is 1. The van der Waals surface area contributed by atoms with Gasteiger partial charge in [-0.2, -0.15) is 0 Å². The fourth-order valence-corrected chi connectivity index (χ4v) is 5.32. The lowest BCUT2D eigenvalue weighted by Gasteiger charge is -2.26. The third-order valence-corrected chi connectivity index (χ3v) is 7.08. The first-order valence-corrected chi connectivity index (χ1v) is 11.8. The monoisotopic (exact) mass is 456 g/mol. The standard InChI is InChI=1S/C22H24N4O3S2/c1-28-16-10-11-19(29-2)17(13-16)18-9-6-12-26(18)20(27)14-30-22-25-24-21(31-22)23-15-7-4-3-5-8-15/h3-5,7-8,10-11,13,18H,6,9,12,14H2,1-2H3,(H,23,24)/t18-/m1/s1. The number of rotatable bonds is 8. The molecule has 0 radical (unpaired) electrons. The number of para-hydroxylation sites is 1. The fourth-order valence-electron chi connectivity index (χ4n) is 3.66. The Morgan fingerprint density at radius 1 is 1.19 bits per heavy atom. The van der Waals surface area contributed by atoms with E-state index < -0.39 is 0 Å². The van der Waals surface area contributed by atoms with Crippen molar-refractivity contribution in [1.29, 1.82) is 0 Å². The highest BCUT2D eigenvalue weighted by Crippen LogP contribution is 2.39. The van der Waals surface area contributed by atoms with Crippen molar-refractivity contribution in [2.24, 2.45) is 0 Å². The molecule has 1 aromatic heterocycles. The van der Waals surface area contributed by atoms with Gasteiger partial charge in [0.15, 0.2) is 4.34 Å². The molecule has 0 aliphatic carbocycles. The van der Waals surface area contributed by atoms with Crippen LogP contribution in [0.3, 0.4) is 0 Å². The number of methoxy groups -OCH3 is 2. The summed E-state index contributed by atoms with van der Waals surface area (Å²) in [4.78, 5) is 15.0. The molecule has 7 nitrogen and oxygen atoms in total. The number of nitrogens with one attached hydrogen (secondary N) is 1. The van der Waals surface area contributed by atoms with Gasteiger partial charge in [0.2, 0.25) is 11.0 Å². The minimum Gasteiger partial charge on any atom is -0.497 e. The van der Waals surface area contributed by atoms with Gasteiger partial charge in [-0.3, -0.25) is 4.79 Å². The van der Waals surface area contributed by atoms with Gasteiger partial charge in [-0.25, -0.2) is 0 Å². The lowest BCUT2D eigenvalue weighted by Crippen LogP contribution is -2.32. The van der Waals surface area contributed by atoms with E-state index in [0.717, 1.165) is 46.5 Å². The van der Waals surface area contributed by atoms with Gasteiger partial charge in [0.05, 0.1) is 26.0 Å². The van der Waals surface area contributed by atoms with Gasteiger partial charge in [0.1, 0.15) is 11.5 Å². The van der Waals surface area contributed by atoms with E-state index in [1.54, 1.807) is 14.2 Å². The SMILES string of the molecule is COc1ccc(OC)c([C@H]2CCCN2C(=O)CSc2nnc(Nc3ccccc3)s2)c1. The third kappa shape index (κ3) is 5.11. The zero-order valence-electron chi connectivity index (χ0n) is 17.4. The summed E-state index contributed by atoms with van der Waals surface area (Å²) in [5.74, 6) is 1.95. The molecule has 2 heterocycles. The summed E-state index contributed by atoms with van der Waals surface area (Å²) in [5, 5.41) is 12.3. The molecule has 0 spiro atoms. The average molecular weight is 457 g/mol.